The van der Waals surface area contributed by atoms with Crippen LogP contribution in [-0.2, 0) is 24.3 Å². The molecule has 0 saturated carbocycles. The minimum atomic E-state index is 0. The molecule has 1 amide bonds. The zero-order valence-corrected chi connectivity index (χ0v) is 20.9. The van der Waals surface area contributed by atoms with Gasteiger partial charge in [-0.2, -0.15) is 0 Å². The Hall–Kier alpha value is -1.73. The second-order valence-corrected chi connectivity index (χ2v) is 8.71. The van der Waals surface area contributed by atoms with E-state index in [1.54, 1.807) is 13.3 Å². The molecule has 1 aromatic heterocycles. The molecular weight excluding hydrogens is 523 g/mol. The number of carbonyl (C=O) groups is 1. The van der Waals surface area contributed by atoms with Crippen molar-refractivity contribution in [2.45, 2.75) is 32.5 Å². The van der Waals surface area contributed by atoms with E-state index in [0.29, 0.717) is 13.1 Å². The van der Waals surface area contributed by atoms with Gasteiger partial charge in [0.05, 0.1) is 24.6 Å². The molecule has 1 unspecified atom stereocenters. The average molecular weight is 547 g/mol. The van der Waals surface area contributed by atoms with Gasteiger partial charge in [-0.05, 0) is 47.9 Å². The van der Waals surface area contributed by atoms with E-state index in [-0.39, 0.29) is 36.8 Å². The number of hydrogen-bond acceptors (Lipinski definition) is 3. The molecule has 0 aliphatic carbocycles. The fraction of sp³-hybridized carbons (Fsp3) is 0.273. The fourth-order valence-electron chi connectivity index (χ4n) is 3.92. The van der Waals surface area contributed by atoms with Crippen LogP contribution in [0.25, 0.3) is 0 Å². The van der Waals surface area contributed by atoms with Crippen LogP contribution in [0.5, 0.6) is 0 Å². The van der Waals surface area contributed by atoms with Crippen LogP contribution in [0, 0.1) is 0 Å². The van der Waals surface area contributed by atoms with Gasteiger partial charge in [0.2, 0.25) is 5.91 Å². The molecule has 0 saturated heterocycles. The zero-order chi connectivity index (χ0) is 20.4. The summed E-state index contributed by atoms with van der Waals surface area (Å²) in [6.07, 6.45) is 4.31. The van der Waals surface area contributed by atoms with Crippen molar-refractivity contribution in [3.8, 4) is 0 Å². The maximum atomic E-state index is 12.6. The van der Waals surface area contributed by atoms with Crippen molar-refractivity contribution < 1.29 is 4.79 Å². The Morgan fingerprint density at radius 3 is 2.61 bits per heavy atom. The highest BCUT2D eigenvalue weighted by Crippen LogP contribution is 2.32. The van der Waals surface area contributed by atoms with E-state index >= 15 is 0 Å². The Morgan fingerprint density at radius 2 is 1.97 bits per heavy atom. The van der Waals surface area contributed by atoms with Gasteiger partial charge in [-0.1, -0.05) is 39.7 Å². The summed E-state index contributed by atoms with van der Waals surface area (Å²) in [7, 11) is 0. The smallest absolute Gasteiger partial charge is 0.220 e. The van der Waals surface area contributed by atoms with Gasteiger partial charge in [-0.15, -0.1) is 24.8 Å². The van der Waals surface area contributed by atoms with Crippen molar-refractivity contribution in [3.05, 3.63) is 81.3 Å². The monoisotopic (exact) mass is 544 g/mol. The van der Waals surface area contributed by atoms with E-state index in [0.717, 1.165) is 39.4 Å². The van der Waals surface area contributed by atoms with Crippen LogP contribution in [0.3, 0.4) is 0 Å². The van der Waals surface area contributed by atoms with Crippen molar-refractivity contribution in [1.82, 2.24) is 14.9 Å². The molecule has 2 heterocycles. The standard InChI is InChI=1S/C22H22BrClN4O.2ClH/c1-15(29)28-11-17-9-18(23)4-7-22(17)27(12-20-10-25-14-26-20)13-21(28)8-16-2-5-19(24)6-3-16;;/h2-7,9-10,14,21H,8,11-13H2,1H3,(H,25,26);2*1H. The summed E-state index contributed by atoms with van der Waals surface area (Å²) >= 11 is 9.63. The second-order valence-electron chi connectivity index (χ2n) is 7.36. The van der Waals surface area contributed by atoms with Crippen molar-refractivity contribution in [1.29, 1.82) is 0 Å². The predicted octanol–water partition coefficient (Wildman–Crippen LogP) is 5.65. The Morgan fingerprint density at radius 1 is 1.23 bits per heavy atom. The molecule has 9 heteroatoms. The first-order valence-electron chi connectivity index (χ1n) is 9.52. The Labute approximate surface area is 208 Å². The molecule has 0 bridgehead atoms. The first-order chi connectivity index (χ1) is 14.0. The number of nitrogens with zero attached hydrogens (tertiary/aromatic N) is 3. The van der Waals surface area contributed by atoms with E-state index < -0.39 is 0 Å². The maximum absolute atomic E-state index is 12.6. The van der Waals surface area contributed by atoms with Gasteiger partial charge >= 0.3 is 0 Å². The van der Waals surface area contributed by atoms with E-state index in [9.17, 15) is 4.79 Å². The number of imidazole rings is 1. The summed E-state index contributed by atoms with van der Waals surface area (Å²) < 4.78 is 1.01. The Kier molecular flexibility index (Phi) is 9.25. The summed E-state index contributed by atoms with van der Waals surface area (Å²) in [6.45, 7) is 3.67. The van der Waals surface area contributed by atoms with Crippen LogP contribution in [0.4, 0.5) is 5.69 Å². The predicted molar refractivity (Wildman–Crippen MR) is 133 cm³/mol. The molecule has 2 aromatic carbocycles. The third kappa shape index (κ3) is 6.16. The van der Waals surface area contributed by atoms with Crippen molar-refractivity contribution in [3.63, 3.8) is 0 Å². The van der Waals surface area contributed by atoms with Crippen LogP contribution in [0.1, 0.15) is 23.7 Å². The largest absolute Gasteiger partial charge is 0.363 e. The van der Waals surface area contributed by atoms with Crippen molar-refractivity contribution in [2.24, 2.45) is 0 Å². The average Bonchev–Trinajstić information content (AvgIpc) is 3.14. The topological polar surface area (TPSA) is 52.2 Å². The Balaban J connectivity index is 0.00000171. The third-order valence-corrected chi connectivity index (χ3v) is 6.05. The summed E-state index contributed by atoms with van der Waals surface area (Å²) in [5.41, 5.74) is 4.49. The molecule has 31 heavy (non-hydrogen) atoms. The molecule has 3 aromatic rings. The number of hydrogen-bond donors (Lipinski definition) is 1. The van der Waals surface area contributed by atoms with Gasteiger partial charge in [-0.25, -0.2) is 4.98 Å². The molecule has 4 rings (SSSR count). The zero-order valence-electron chi connectivity index (χ0n) is 16.9. The lowest BCUT2D eigenvalue weighted by atomic mass is 10.0. The summed E-state index contributed by atoms with van der Waals surface area (Å²) in [4.78, 5) is 24.2. The molecule has 0 spiro atoms. The molecule has 5 nitrogen and oxygen atoms in total. The number of aromatic amines is 1. The third-order valence-electron chi connectivity index (χ3n) is 5.30. The molecule has 0 fully saturated rings. The van der Waals surface area contributed by atoms with Crippen molar-refractivity contribution >= 4 is 63.9 Å². The molecule has 1 N–H and O–H groups in total. The maximum Gasteiger partial charge on any atom is 0.220 e. The van der Waals surface area contributed by atoms with Crippen LogP contribution >= 0.6 is 52.3 Å². The molecule has 1 atom stereocenters. The minimum absolute atomic E-state index is 0. The lowest BCUT2D eigenvalue weighted by Gasteiger charge is -2.32. The first kappa shape index (κ1) is 25.5. The first-order valence-corrected chi connectivity index (χ1v) is 10.7. The highest BCUT2D eigenvalue weighted by Gasteiger charge is 2.30. The highest BCUT2D eigenvalue weighted by atomic mass is 79.9. The van der Waals surface area contributed by atoms with E-state index in [1.165, 1.54) is 5.56 Å². The van der Waals surface area contributed by atoms with Gasteiger partial charge in [-0.3, -0.25) is 4.79 Å². The van der Waals surface area contributed by atoms with E-state index in [4.69, 9.17) is 11.6 Å². The Bertz CT molecular complexity index is 999. The van der Waals surface area contributed by atoms with Crippen LogP contribution < -0.4 is 4.90 Å². The van der Waals surface area contributed by atoms with Gasteiger partial charge < -0.3 is 14.8 Å². The summed E-state index contributed by atoms with van der Waals surface area (Å²) in [5.74, 6) is 0.0817. The number of fused-ring (bicyclic) bond motifs is 1. The lowest BCUT2D eigenvalue weighted by Crippen LogP contribution is -2.44. The fourth-order valence-corrected chi connectivity index (χ4v) is 4.45. The van der Waals surface area contributed by atoms with Gasteiger partial charge in [0.1, 0.15) is 0 Å². The number of nitrogens with one attached hydrogen (secondary N) is 1. The number of anilines is 1. The van der Waals surface area contributed by atoms with Crippen molar-refractivity contribution in [2.75, 3.05) is 11.4 Å². The molecule has 166 valence electrons. The number of halogens is 4. The van der Waals surface area contributed by atoms with Gasteiger partial charge in [0.15, 0.2) is 0 Å². The lowest BCUT2D eigenvalue weighted by molar-refractivity contribution is -0.131. The molecular formula is C22H24BrCl3N4O. The van der Waals surface area contributed by atoms with Gasteiger partial charge in [0.25, 0.3) is 0 Å². The number of rotatable bonds is 4. The van der Waals surface area contributed by atoms with Crippen LogP contribution in [-0.4, -0.2) is 33.4 Å². The van der Waals surface area contributed by atoms with E-state index in [2.05, 4.69) is 49.0 Å². The quantitative estimate of drug-likeness (QED) is 0.460. The normalized spacial score (nSPS) is 15.4. The van der Waals surface area contributed by atoms with Crippen LogP contribution in [0.2, 0.25) is 5.02 Å². The summed E-state index contributed by atoms with van der Waals surface area (Å²) in [5, 5.41) is 0.719. The number of H-pyrrole nitrogens is 1. The number of aromatic nitrogens is 2. The second kappa shape index (κ2) is 11.2. The minimum Gasteiger partial charge on any atom is -0.363 e. The molecule has 0 radical (unpaired) electrons. The summed E-state index contributed by atoms with van der Waals surface area (Å²) in [6, 6.07) is 14.2. The number of amides is 1. The van der Waals surface area contributed by atoms with E-state index in [1.807, 2.05) is 35.4 Å². The van der Waals surface area contributed by atoms with Crippen LogP contribution in [0.15, 0.2) is 59.5 Å². The number of carbonyl (C=O) groups excluding carboxylic acids is 1. The highest BCUT2D eigenvalue weighted by molar-refractivity contribution is 9.10. The van der Waals surface area contributed by atoms with Gasteiger partial charge in [0, 0.05) is 41.4 Å². The molecule has 1 aliphatic rings. The SMILES string of the molecule is CC(=O)N1Cc2cc(Br)ccc2N(Cc2cnc[nH]2)CC1Cc1ccc(Cl)cc1.Cl.Cl. The molecule has 1 aliphatic heterocycles. The number of benzene rings is 2.